The van der Waals surface area contributed by atoms with Crippen LogP contribution in [0.4, 0.5) is 0 Å². The number of allylic oxidation sites excluding steroid dienone is 1. The van der Waals surface area contributed by atoms with Gasteiger partial charge >= 0.3 is 0 Å². The van der Waals surface area contributed by atoms with Crippen LogP contribution >= 0.6 is 35.6 Å². The first kappa shape index (κ1) is 14.8. The zero-order chi connectivity index (χ0) is 10.6. The van der Waals surface area contributed by atoms with E-state index in [4.69, 9.17) is 28.9 Å². The summed E-state index contributed by atoms with van der Waals surface area (Å²) in [5, 5.41) is 1.27. The van der Waals surface area contributed by atoms with Gasteiger partial charge in [0.25, 0.3) is 0 Å². The summed E-state index contributed by atoms with van der Waals surface area (Å²) in [7, 11) is 0. The first-order valence-corrected chi connectivity index (χ1v) is 5.22. The van der Waals surface area contributed by atoms with Gasteiger partial charge in [0.15, 0.2) is 0 Å². The van der Waals surface area contributed by atoms with E-state index in [0.717, 1.165) is 18.4 Å². The van der Waals surface area contributed by atoms with Gasteiger partial charge in [-0.05, 0) is 25.0 Å². The minimum absolute atomic E-state index is 0. The largest absolute Gasteiger partial charge is 0.324 e. The van der Waals surface area contributed by atoms with Crippen molar-refractivity contribution in [1.82, 2.24) is 0 Å². The lowest BCUT2D eigenvalue weighted by Gasteiger charge is -2.14. The first-order valence-electron chi connectivity index (χ1n) is 4.47. The maximum Gasteiger partial charge on any atom is 0.0468 e. The van der Waals surface area contributed by atoms with E-state index < -0.39 is 0 Å². The van der Waals surface area contributed by atoms with Crippen LogP contribution in [0.15, 0.2) is 30.9 Å². The topological polar surface area (TPSA) is 26.0 Å². The lowest BCUT2D eigenvalue weighted by molar-refractivity contribution is 0.662. The number of rotatable bonds is 4. The summed E-state index contributed by atoms with van der Waals surface area (Å²) in [5.41, 5.74) is 6.80. The molecule has 15 heavy (non-hydrogen) atoms. The highest BCUT2D eigenvalue weighted by molar-refractivity contribution is 6.36. The lowest BCUT2D eigenvalue weighted by Crippen LogP contribution is -2.10. The fourth-order valence-corrected chi connectivity index (χ4v) is 1.98. The molecule has 0 aromatic heterocycles. The Labute approximate surface area is 107 Å². The summed E-state index contributed by atoms with van der Waals surface area (Å²) in [6, 6.07) is 5.30. The van der Waals surface area contributed by atoms with Crippen molar-refractivity contribution in [1.29, 1.82) is 0 Å². The molecule has 84 valence electrons. The molecule has 0 saturated carbocycles. The first-order chi connectivity index (χ1) is 6.66. The molecular weight excluding hydrogens is 252 g/mol. The molecule has 1 aromatic carbocycles. The van der Waals surface area contributed by atoms with E-state index in [1.165, 1.54) is 0 Å². The Morgan fingerprint density at radius 3 is 2.33 bits per heavy atom. The average molecular weight is 267 g/mol. The van der Waals surface area contributed by atoms with Crippen LogP contribution in [0, 0.1) is 0 Å². The Morgan fingerprint density at radius 1 is 1.33 bits per heavy atom. The fraction of sp³-hybridized carbons (Fsp3) is 0.273. The highest BCUT2D eigenvalue weighted by Crippen LogP contribution is 2.30. The third-order valence-electron chi connectivity index (χ3n) is 2.05. The van der Waals surface area contributed by atoms with Gasteiger partial charge < -0.3 is 5.73 Å². The number of nitrogens with two attached hydrogens (primary N) is 1. The van der Waals surface area contributed by atoms with Crippen LogP contribution in [0.3, 0.4) is 0 Å². The summed E-state index contributed by atoms with van der Waals surface area (Å²) in [6.45, 7) is 3.65. The van der Waals surface area contributed by atoms with Crippen molar-refractivity contribution in [3.63, 3.8) is 0 Å². The second-order valence-corrected chi connectivity index (χ2v) is 3.92. The molecule has 0 bridgehead atoms. The fourth-order valence-electron chi connectivity index (χ4n) is 1.31. The minimum Gasteiger partial charge on any atom is -0.324 e. The molecule has 0 heterocycles. The zero-order valence-electron chi connectivity index (χ0n) is 8.25. The molecular formula is C11H14Cl3N. The van der Waals surface area contributed by atoms with Crippen LogP contribution in [0.25, 0.3) is 0 Å². The Hall–Kier alpha value is -0.210. The molecule has 0 aliphatic heterocycles. The maximum absolute atomic E-state index is 6.01. The van der Waals surface area contributed by atoms with Crippen LogP contribution in [0.1, 0.15) is 24.4 Å². The van der Waals surface area contributed by atoms with Crippen molar-refractivity contribution in [2.24, 2.45) is 5.73 Å². The highest BCUT2D eigenvalue weighted by atomic mass is 35.5. The lowest BCUT2D eigenvalue weighted by atomic mass is 10.0. The summed E-state index contributed by atoms with van der Waals surface area (Å²) < 4.78 is 0. The Morgan fingerprint density at radius 2 is 1.87 bits per heavy atom. The number of hydrogen-bond donors (Lipinski definition) is 1. The zero-order valence-corrected chi connectivity index (χ0v) is 10.6. The number of hydrogen-bond acceptors (Lipinski definition) is 1. The molecule has 0 aliphatic rings. The predicted octanol–water partition coefficient (Wildman–Crippen LogP) is 4.38. The molecule has 2 N–H and O–H groups in total. The molecule has 0 saturated heterocycles. The van der Waals surface area contributed by atoms with Gasteiger partial charge in [-0.3, -0.25) is 0 Å². The van der Waals surface area contributed by atoms with Crippen LogP contribution in [0.2, 0.25) is 10.0 Å². The van der Waals surface area contributed by atoms with Gasteiger partial charge in [-0.1, -0.05) is 35.3 Å². The molecule has 0 fully saturated rings. The van der Waals surface area contributed by atoms with Gasteiger partial charge in [-0.15, -0.1) is 19.0 Å². The summed E-state index contributed by atoms with van der Waals surface area (Å²) in [4.78, 5) is 0. The van der Waals surface area contributed by atoms with Crippen LogP contribution < -0.4 is 5.73 Å². The van der Waals surface area contributed by atoms with Crippen LogP contribution in [-0.4, -0.2) is 0 Å². The molecule has 1 atom stereocenters. The molecule has 1 rings (SSSR count). The smallest absolute Gasteiger partial charge is 0.0468 e. The van der Waals surface area contributed by atoms with Gasteiger partial charge in [-0.2, -0.15) is 0 Å². The van der Waals surface area contributed by atoms with Crippen molar-refractivity contribution < 1.29 is 0 Å². The van der Waals surface area contributed by atoms with E-state index in [-0.39, 0.29) is 18.4 Å². The van der Waals surface area contributed by atoms with Crippen molar-refractivity contribution in [2.45, 2.75) is 18.9 Å². The van der Waals surface area contributed by atoms with Gasteiger partial charge in [0.1, 0.15) is 0 Å². The van der Waals surface area contributed by atoms with Crippen molar-refractivity contribution in [2.75, 3.05) is 0 Å². The van der Waals surface area contributed by atoms with Crippen molar-refractivity contribution in [3.05, 3.63) is 46.5 Å². The standard InChI is InChI=1S/C11H13Cl2N.ClH/c1-2-3-7-10(14)11-8(12)5-4-6-9(11)13;/h2,4-6,10H,1,3,7,14H2;1H/t10-;/m1./s1. The van der Waals surface area contributed by atoms with Gasteiger partial charge in [-0.25, -0.2) is 0 Å². The molecule has 0 spiro atoms. The van der Waals surface area contributed by atoms with Crippen molar-refractivity contribution >= 4 is 35.6 Å². The molecule has 0 amide bonds. The monoisotopic (exact) mass is 265 g/mol. The second-order valence-electron chi connectivity index (χ2n) is 3.11. The maximum atomic E-state index is 6.01. The summed E-state index contributed by atoms with van der Waals surface area (Å²) in [5.74, 6) is 0. The summed E-state index contributed by atoms with van der Waals surface area (Å²) in [6.07, 6.45) is 3.51. The Kier molecular flexibility index (Phi) is 7.03. The van der Waals surface area contributed by atoms with Gasteiger partial charge in [0, 0.05) is 21.7 Å². The third-order valence-corrected chi connectivity index (χ3v) is 2.71. The Bertz CT molecular complexity index is 305. The van der Waals surface area contributed by atoms with E-state index in [9.17, 15) is 0 Å². The molecule has 0 radical (unpaired) electrons. The SMILES string of the molecule is C=CCC[C@@H](N)c1c(Cl)cccc1Cl.Cl. The van der Waals surface area contributed by atoms with Gasteiger partial charge in [0.2, 0.25) is 0 Å². The van der Waals surface area contributed by atoms with E-state index >= 15 is 0 Å². The van der Waals surface area contributed by atoms with Crippen LogP contribution in [-0.2, 0) is 0 Å². The predicted molar refractivity (Wildman–Crippen MR) is 70.1 cm³/mol. The number of halogens is 3. The minimum atomic E-state index is -0.116. The van der Waals surface area contributed by atoms with Gasteiger partial charge in [0.05, 0.1) is 0 Å². The average Bonchev–Trinajstić information content (AvgIpc) is 2.14. The second kappa shape index (κ2) is 7.13. The third kappa shape index (κ3) is 4.04. The molecule has 4 heteroatoms. The van der Waals surface area contributed by atoms with Crippen LogP contribution in [0.5, 0.6) is 0 Å². The van der Waals surface area contributed by atoms with E-state index in [1.807, 2.05) is 12.1 Å². The van der Waals surface area contributed by atoms with E-state index in [2.05, 4.69) is 6.58 Å². The molecule has 0 aliphatic carbocycles. The molecule has 1 nitrogen and oxygen atoms in total. The number of benzene rings is 1. The van der Waals surface area contributed by atoms with E-state index in [0.29, 0.717) is 10.0 Å². The molecule has 1 aromatic rings. The highest BCUT2D eigenvalue weighted by Gasteiger charge is 2.12. The van der Waals surface area contributed by atoms with Crippen molar-refractivity contribution in [3.8, 4) is 0 Å². The Balaban J connectivity index is 0.00000196. The van der Waals surface area contributed by atoms with E-state index in [1.54, 1.807) is 12.1 Å². The molecule has 0 unspecified atom stereocenters. The quantitative estimate of drug-likeness (QED) is 0.804. The summed E-state index contributed by atoms with van der Waals surface area (Å²) >= 11 is 12.0. The normalized spacial score (nSPS) is 11.7.